The van der Waals surface area contributed by atoms with E-state index in [0.29, 0.717) is 0 Å². The summed E-state index contributed by atoms with van der Waals surface area (Å²) in [6, 6.07) is 0. The van der Waals surface area contributed by atoms with Crippen molar-refractivity contribution >= 4 is 9.90 Å². The molecular weight excluding hydrogens is 368 g/mol. The molecule has 0 nitrogen and oxygen atoms in total. The van der Waals surface area contributed by atoms with Gasteiger partial charge < -0.3 is 49.6 Å². The predicted octanol–water partition coefficient (Wildman–Crippen LogP) is -11.1. The molecule has 6 heteroatoms. The molecule has 0 rings (SSSR count). The average Bonchev–Trinajstić information content (AvgIpc) is 0. The molecule has 0 heterocycles. The van der Waals surface area contributed by atoms with Crippen molar-refractivity contribution in [3.8, 4) is 0 Å². The Balaban J connectivity index is 0. The van der Waals surface area contributed by atoms with Crippen LogP contribution in [0, 0.1) is 0 Å². The predicted molar refractivity (Wildman–Crippen MR) is 6.92 cm³/mol. The molecule has 0 aromatic heterocycles. The second kappa shape index (κ2) is 55.3. The van der Waals surface area contributed by atoms with Crippen molar-refractivity contribution in [2.24, 2.45) is 0 Å². The van der Waals surface area contributed by atoms with E-state index in [2.05, 4.69) is 0 Å². The summed E-state index contributed by atoms with van der Waals surface area (Å²) in [7, 11) is 0. The number of hydrogen-bond donors (Lipinski definition) is 0. The van der Waals surface area contributed by atoms with Crippen molar-refractivity contribution in [2.75, 3.05) is 0 Å². The SMILES string of the molecule is [Cl-].[Cl-].[Cl-].[Cl-].[P].[Pt+4]. The zero-order chi connectivity index (χ0) is 0. The molecule has 0 N–H and O–H groups in total. The normalized spacial score (nSPS) is 0. The Morgan fingerprint density at radius 3 is 0.500 bits per heavy atom. The van der Waals surface area contributed by atoms with Crippen molar-refractivity contribution in [1.29, 1.82) is 0 Å². The van der Waals surface area contributed by atoms with Gasteiger partial charge in [-0.25, -0.2) is 0 Å². The molecule has 0 amide bonds. The molecule has 0 fully saturated rings. The first kappa shape index (κ1) is 84.5. The van der Waals surface area contributed by atoms with Gasteiger partial charge in [-0.15, -0.1) is 0 Å². The second-order valence-corrected chi connectivity index (χ2v) is 0. The number of halogens is 4. The average molecular weight is 368 g/mol. The van der Waals surface area contributed by atoms with Gasteiger partial charge in [-0.05, 0) is 0 Å². The molecule has 6 heavy (non-hydrogen) atoms. The van der Waals surface area contributed by atoms with Gasteiger partial charge in [0.05, 0.1) is 0 Å². The third-order valence-corrected chi connectivity index (χ3v) is 0. The molecule has 0 atom stereocenters. The van der Waals surface area contributed by atoms with Crippen LogP contribution in [-0.2, 0) is 21.1 Å². The third kappa shape index (κ3) is 33.7. The van der Waals surface area contributed by atoms with E-state index >= 15 is 0 Å². The van der Waals surface area contributed by atoms with Gasteiger partial charge in [-0.2, -0.15) is 0 Å². The van der Waals surface area contributed by atoms with Crippen LogP contribution in [0.25, 0.3) is 0 Å². The van der Waals surface area contributed by atoms with Gasteiger partial charge in [0.25, 0.3) is 0 Å². The van der Waals surface area contributed by atoms with E-state index < -0.39 is 0 Å². The van der Waals surface area contributed by atoms with Crippen molar-refractivity contribution in [2.45, 2.75) is 0 Å². The van der Waals surface area contributed by atoms with Gasteiger partial charge in [0.1, 0.15) is 0 Å². The van der Waals surface area contributed by atoms with Crippen molar-refractivity contribution in [3.05, 3.63) is 0 Å². The fourth-order valence-corrected chi connectivity index (χ4v) is 0. The molecule has 0 unspecified atom stereocenters. The van der Waals surface area contributed by atoms with Crippen molar-refractivity contribution in [1.82, 2.24) is 0 Å². The summed E-state index contributed by atoms with van der Waals surface area (Å²) in [5.41, 5.74) is 0. The second-order valence-electron chi connectivity index (χ2n) is 0. The monoisotopic (exact) mass is 366 g/mol. The van der Waals surface area contributed by atoms with Crippen LogP contribution >= 0.6 is 9.90 Å². The molecule has 0 spiro atoms. The van der Waals surface area contributed by atoms with Crippen LogP contribution in [-0.4, -0.2) is 0 Å². The molecule has 0 saturated carbocycles. The summed E-state index contributed by atoms with van der Waals surface area (Å²) in [6.45, 7) is 0. The fourth-order valence-electron chi connectivity index (χ4n) is 0. The van der Waals surface area contributed by atoms with Gasteiger partial charge >= 0.3 is 21.1 Å². The molecule has 0 aromatic carbocycles. The topological polar surface area (TPSA) is 0 Å². The number of hydrogen-bond acceptors (Lipinski definition) is 0. The minimum atomic E-state index is 0. The zero-order valence-electron chi connectivity index (χ0n) is 2.28. The van der Waals surface area contributed by atoms with Crippen LogP contribution < -0.4 is 49.6 Å². The summed E-state index contributed by atoms with van der Waals surface area (Å²) >= 11 is 0. The molecule has 0 bridgehead atoms. The molecule has 0 aliphatic carbocycles. The molecule has 43 valence electrons. The van der Waals surface area contributed by atoms with E-state index in [9.17, 15) is 0 Å². The van der Waals surface area contributed by atoms with E-state index in [4.69, 9.17) is 0 Å². The Kier molecular flexibility index (Phi) is 778. The molecule has 0 aliphatic rings. The summed E-state index contributed by atoms with van der Waals surface area (Å²) in [4.78, 5) is 0. The first-order valence-electron chi connectivity index (χ1n) is 0. The van der Waals surface area contributed by atoms with Crippen LogP contribution in [0.4, 0.5) is 0 Å². The summed E-state index contributed by atoms with van der Waals surface area (Å²) in [5.74, 6) is 0. The van der Waals surface area contributed by atoms with E-state index in [1.54, 1.807) is 0 Å². The van der Waals surface area contributed by atoms with Crippen LogP contribution in [0.2, 0.25) is 0 Å². The van der Waals surface area contributed by atoms with Gasteiger partial charge in [0.15, 0.2) is 0 Å². The molecular formula is Cl4PPt. The Morgan fingerprint density at radius 1 is 0.500 bits per heavy atom. The van der Waals surface area contributed by atoms with Crippen molar-refractivity contribution < 1.29 is 70.7 Å². The fraction of sp³-hybridized carbons (Fsp3) is 0. The van der Waals surface area contributed by atoms with E-state index in [1.165, 1.54) is 0 Å². The maximum atomic E-state index is 0. The molecule has 3 radical (unpaired) electrons. The van der Waals surface area contributed by atoms with Gasteiger partial charge in [0.2, 0.25) is 0 Å². The smallest absolute Gasteiger partial charge is 1.00 e. The third-order valence-electron chi connectivity index (χ3n) is 0. The Bertz CT molecular complexity index is 7.51. The molecule has 0 aliphatic heterocycles. The Morgan fingerprint density at radius 2 is 0.500 bits per heavy atom. The standard InChI is InChI=1S/4ClH.P.Pt/h4*1H;;/q;;;;;+4/p-4. The Labute approximate surface area is 80.1 Å². The van der Waals surface area contributed by atoms with Gasteiger partial charge in [0, 0.05) is 9.90 Å². The van der Waals surface area contributed by atoms with Crippen LogP contribution in [0.3, 0.4) is 0 Å². The first-order chi connectivity index (χ1) is 0. The van der Waals surface area contributed by atoms with Gasteiger partial charge in [-0.1, -0.05) is 0 Å². The maximum Gasteiger partial charge on any atom is 4.00 e. The minimum absolute atomic E-state index is 0. The van der Waals surface area contributed by atoms with Gasteiger partial charge in [-0.3, -0.25) is 0 Å². The Hall–Kier alpha value is 2.28. The summed E-state index contributed by atoms with van der Waals surface area (Å²) in [5, 5.41) is 0. The van der Waals surface area contributed by atoms with Crippen molar-refractivity contribution in [3.63, 3.8) is 0 Å². The summed E-state index contributed by atoms with van der Waals surface area (Å²) < 4.78 is 0. The molecule has 0 saturated heterocycles. The molecule has 0 aromatic rings. The largest absolute Gasteiger partial charge is 4.00 e. The van der Waals surface area contributed by atoms with E-state index in [-0.39, 0.29) is 80.6 Å². The minimum Gasteiger partial charge on any atom is -1.00 e. The quantitative estimate of drug-likeness (QED) is 0.373. The summed E-state index contributed by atoms with van der Waals surface area (Å²) in [6.07, 6.45) is 0. The van der Waals surface area contributed by atoms with E-state index in [0.717, 1.165) is 0 Å². The zero-order valence-corrected chi connectivity index (χ0v) is 8.47. The maximum absolute atomic E-state index is 0. The van der Waals surface area contributed by atoms with E-state index in [1.807, 2.05) is 0 Å². The van der Waals surface area contributed by atoms with Crippen LogP contribution in [0.5, 0.6) is 0 Å². The van der Waals surface area contributed by atoms with Crippen LogP contribution in [0.15, 0.2) is 0 Å². The first-order valence-corrected chi connectivity index (χ1v) is 0. The number of rotatable bonds is 0. The van der Waals surface area contributed by atoms with Crippen LogP contribution in [0.1, 0.15) is 0 Å².